The minimum atomic E-state index is 0.968. The van der Waals surface area contributed by atoms with Gasteiger partial charge in [-0.3, -0.25) is 4.68 Å². The van der Waals surface area contributed by atoms with Crippen molar-refractivity contribution in [3.8, 4) is 0 Å². The van der Waals surface area contributed by atoms with Crippen molar-refractivity contribution >= 4 is 0 Å². The molecule has 1 rings (SSSR count). The molecule has 0 amide bonds. The van der Waals surface area contributed by atoms with Crippen LogP contribution in [0.5, 0.6) is 0 Å². The van der Waals surface area contributed by atoms with E-state index in [1.165, 1.54) is 11.3 Å². The summed E-state index contributed by atoms with van der Waals surface area (Å²) in [6, 6.07) is 0. The Morgan fingerprint density at radius 2 is 2.36 bits per heavy atom. The summed E-state index contributed by atoms with van der Waals surface area (Å²) < 4.78 is 2.03. The Labute approximate surface area is 67.4 Å². The van der Waals surface area contributed by atoms with Crippen LogP contribution in [0.25, 0.3) is 0 Å². The second-order valence-corrected chi connectivity index (χ2v) is 2.68. The van der Waals surface area contributed by atoms with Crippen LogP contribution in [0.1, 0.15) is 18.2 Å². The van der Waals surface area contributed by atoms with Crippen molar-refractivity contribution in [3.05, 3.63) is 17.5 Å². The summed E-state index contributed by atoms with van der Waals surface area (Å²) in [7, 11) is 2.07. The summed E-state index contributed by atoms with van der Waals surface area (Å²) in [6.07, 6.45) is 1.96. The van der Waals surface area contributed by atoms with Gasteiger partial charge < -0.3 is 5.32 Å². The van der Waals surface area contributed by atoms with E-state index in [1.54, 1.807) is 0 Å². The molecule has 0 atom stereocenters. The molecule has 62 valence electrons. The van der Waals surface area contributed by atoms with Gasteiger partial charge in [-0.15, -0.1) is 0 Å². The summed E-state index contributed by atoms with van der Waals surface area (Å²) >= 11 is 0. The Morgan fingerprint density at radius 1 is 1.64 bits per heavy atom. The van der Waals surface area contributed by atoms with Crippen LogP contribution in [0.4, 0.5) is 0 Å². The van der Waals surface area contributed by atoms with E-state index < -0.39 is 0 Å². The molecule has 0 aliphatic rings. The maximum atomic E-state index is 4.25. The van der Waals surface area contributed by atoms with Crippen LogP contribution in [-0.2, 0) is 13.1 Å². The van der Waals surface area contributed by atoms with Crippen molar-refractivity contribution in [1.82, 2.24) is 9.78 Å². The lowest BCUT2D eigenvalue weighted by atomic mass is 10.2. The maximum absolute atomic E-state index is 4.25. The fraction of sp³-hybridized carbons (Fsp3) is 0.625. The van der Waals surface area contributed by atoms with E-state index in [9.17, 15) is 0 Å². The molecular formula is C8H16N3+. The van der Waals surface area contributed by atoms with Crippen LogP contribution in [0.2, 0.25) is 0 Å². The second kappa shape index (κ2) is 3.53. The predicted octanol–water partition coefficient (Wildman–Crippen LogP) is -0.0954. The Hall–Kier alpha value is -0.830. The number of aromatic nitrogens is 2. The first-order valence-corrected chi connectivity index (χ1v) is 4.08. The Morgan fingerprint density at radius 3 is 2.82 bits per heavy atom. The highest BCUT2D eigenvalue weighted by molar-refractivity contribution is 5.14. The van der Waals surface area contributed by atoms with E-state index in [0.717, 1.165) is 13.1 Å². The first-order chi connectivity index (χ1) is 5.29. The molecule has 2 N–H and O–H groups in total. The van der Waals surface area contributed by atoms with Gasteiger partial charge in [0.15, 0.2) is 0 Å². The van der Waals surface area contributed by atoms with E-state index in [0.29, 0.717) is 0 Å². The number of hydrogen-bond donors (Lipinski definition) is 1. The zero-order valence-corrected chi connectivity index (χ0v) is 7.46. The summed E-state index contributed by atoms with van der Waals surface area (Å²) in [5.41, 5.74) is 2.64. The van der Waals surface area contributed by atoms with Gasteiger partial charge in [0.1, 0.15) is 6.54 Å². The van der Waals surface area contributed by atoms with Gasteiger partial charge in [-0.25, -0.2) is 0 Å². The molecular weight excluding hydrogens is 138 g/mol. The molecule has 0 bridgehead atoms. The van der Waals surface area contributed by atoms with Crippen LogP contribution in [0, 0.1) is 6.92 Å². The summed E-state index contributed by atoms with van der Waals surface area (Å²) in [4.78, 5) is 0. The molecule has 3 heteroatoms. The molecule has 1 aromatic heterocycles. The quantitative estimate of drug-likeness (QED) is 0.648. The highest BCUT2D eigenvalue weighted by Crippen LogP contribution is 2.04. The average molecular weight is 154 g/mol. The van der Waals surface area contributed by atoms with E-state index in [-0.39, 0.29) is 0 Å². The van der Waals surface area contributed by atoms with Gasteiger partial charge in [-0.2, -0.15) is 5.10 Å². The standard InChI is InChI=1S/C8H15N3/c1-4-11-7(2)8(5-9-3)6-10-11/h6,9H,4-5H2,1-3H3/p+1. The number of quaternary nitrogens is 1. The topological polar surface area (TPSA) is 34.4 Å². The third-order valence-corrected chi connectivity index (χ3v) is 1.93. The van der Waals surface area contributed by atoms with Crippen LogP contribution < -0.4 is 5.32 Å². The lowest BCUT2D eigenvalue weighted by Crippen LogP contribution is -2.77. The minimum Gasteiger partial charge on any atom is -0.345 e. The van der Waals surface area contributed by atoms with E-state index in [4.69, 9.17) is 0 Å². The molecule has 0 saturated carbocycles. The van der Waals surface area contributed by atoms with E-state index in [2.05, 4.69) is 31.3 Å². The fourth-order valence-electron chi connectivity index (χ4n) is 1.22. The molecule has 0 aliphatic heterocycles. The van der Waals surface area contributed by atoms with Crippen molar-refractivity contribution in [3.63, 3.8) is 0 Å². The lowest BCUT2D eigenvalue weighted by Gasteiger charge is -1.99. The first-order valence-electron chi connectivity index (χ1n) is 4.08. The largest absolute Gasteiger partial charge is 0.345 e. The number of nitrogens with zero attached hydrogens (tertiary/aromatic N) is 2. The smallest absolute Gasteiger partial charge is 0.104 e. The molecule has 0 aliphatic carbocycles. The van der Waals surface area contributed by atoms with Crippen LogP contribution in [0.15, 0.2) is 6.20 Å². The first kappa shape index (κ1) is 8.27. The van der Waals surface area contributed by atoms with Crippen LogP contribution in [-0.4, -0.2) is 16.8 Å². The van der Waals surface area contributed by atoms with Gasteiger partial charge in [0.25, 0.3) is 0 Å². The number of rotatable bonds is 3. The Bertz CT molecular complexity index is 227. The lowest BCUT2D eigenvalue weighted by molar-refractivity contribution is -0.643. The number of aryl methyl sites for hydroxylation is 1. The van der Waals surface area contributed by atoms with Crippen molar-refractivity contribution < 1.29 is 5.32 Å². The summed E-state index contributed by atoms with van der Waals surface area (Å²) in [5.74, 6) is 0. The van der Waals surface area contributed by atoms with Gasteiger partial charge in [0.2, 0.25) is 0 Å². The molecule has 0 fully saturated rings. The monoisotopic (exact) mass is 154 g/mol. The summed E-state index contributed by atoms with van der Waals surface area (Å²) in [5, 5.41) is 6.41. The SMILES string of the molecule is CCn1ncc(C[NH2+]C)c1C. The highest BCUT2D eigenvalue weighted by atomic mass is 15.3. The zero-order valence-electron chi connectivity index (χ0n) is 7.46. The third-order valence-electron chi connectivity index (χ3n) is 1.93. The second-order valence-electron chi connectivity index (χ2n) is 2.68. The molecule has 0 unspecified atom stereocenters. The Kier molecular flexibility index (Phi) is 2.65. The fourth-order valence-corrected chi connectivity index (χ4v) is 1.22. The molecule has 0 radical (unpaired) electrons. The van der Waals surface area contributed by atoms with Crippen molar-refractivity contribution in [2.24, 2.45) is 0 Å². The van der Waals surface area contributed by atoms with Gasteiger partial charge in [0, 0.05) is 17.8 Å². The molecule has 0 spiro atoms. The molecule has 11 heavy (non-hydrogen) atoms. The van der Waals surface area contributed by atoms with Crippen molar-refractivity contribution in [1.29, 1.82) is 0 Å². The van der Waals surface area contributed by atoms with Gasteiger partial charge in [-0.05, 0) is 13.8 Å². The average Bonchev–Trinajstić information content (AvgIpc) is 2.34. The van der Waals surface area contributed by atoms with E-state index in [1.807, 2.05) is 10.9 Å². The normalized spacial score (nSPS) is 10.5. The molecule has 1 aromatic rings. The summed E-state index contributed by atoms with van der Waals surface area (Å²) in [6.45, 7) is 6.23. The molecule has 3 nitrogen and oxygen atoms in total. The number of hydrogen-bond acceptors (Lipinski definition) is 1. The maximum Gasteiger partial charge on any atom is 0.104 e. The van der Waals surface area contributed by atoms with Crippen molar-refractivity contribution in [2.75, 3.05) is 7.05 Å². The van der Waals surface area contributed by atoms with Gasteiger partial charge >= 0.3 is 0 Å². The third kappa shape index (κ3) is 1.60. The molecule has 1 heterocycles. The molecule has 0 aromatic carbocycles. The molecule has 0 saturated heterocycles. The van der Waals surface area contributed by atoms with E-state index >= 15 is 0 Å². The number of nitrogens with two attached hydrogens (primary N) is 1. The highest BCUT2D eigenvalue weighted by Gasteiger charge is 2.04. The van der Waals surface area contributed by atoms with Gasteiger partial charge in [-0.1, -0.05) is 0 Å². The predicted molar refractivity (Wildman–Crippen MR) is 44.2 cm³/mol. The van der Waals surface area contributed by atoms with Crippen LogP contribution >= 0.6 is 0 Å². The van der Waals surface area contributed by atoms with Crippen LogP contribution in [0.3, 0.4) is 0 Å². The van der Waals surface area contributed by atoms with Crippen molar-refractivity contribution in [2.45, 2.75) is 26.9 Å². The zero-order chi connectivity index (χ0) is 8.27. The van der Waals surface area contributed by atoms with Gasteiger partial charge in [0.05, 0.1) is 13.2 Å². The Balaban J connectivity index is 2.82. The minimum absolute atomic E-state index is 0.968.